The van der Waals surface area contributed by atoms with Gasteiger partial charge in [-0.05, 0) is 56.7 Å². The van der Waals surface area contributed by atoms with Gasteiger partial charge in [0, 0.05) is 12.3 Å². The molecule has 1 aliphatic carbocycles. The molecule has 1 saturated carbocycles. The highest BCUT2D eigenvalue weighted by Gasteiger charge is 2.24. The lowest BCUT2D eigenvalue weighted by molar-refractivity contribution is -0.143. The van der Waals surface area contributed by atoms with E-state index in [1.165, 1.54) is 12.8 Å². The van der Waals surface area contributed by atoms with Crippen LogP contribution in [0.25, 0.3) is 0 Å². The van der Waals surface area contributed by atoms with E-state index in [9.17, 15) is 14.3 Å². The maximum atomic E-state index is 13.4. The van der Waals surface area contributed by atoms with Gasteiger partial charge >= 0.3 is 5.97 Å². The summed E-state index contributed by atoms with van der Waals surface area (Å²) in [6, 6.07) is 7.69. The molecule has 0 aromatic heterocycles. The molecule has 176 valence electrons. The minimum absolute atomic E-state index is 0.0337. The second kappa shape index (κ2) is 16.8. The summed E-state index contributed by atoms with van der Waals surface area (Å²) in [5.41, 5.74) is 1.12. The number of hydrogen-bond acceptors (Lipinski definition) is 4. The lowest BCUT2D eigenvalue weighted by Crippen LogP contribution is -2.15. The highest BCUT2D eigenvalue weighted by atomic mass is 19.1. The maximum Gasteiger partial charge on any atom is 0.305 e. The standard InChI is InChI=1S/C16H21FO2.C10H20O2/c1-12-4-2-6-15(10-12)19-11-14(18)9-8-13-5-3-7-16(13)17;1-3-5-6-7-8-10(11)12-9-4-2/h2,4,6,8-10,13-14,16,18H,3,5,7,11H2,1H3;3-9H2,1-2H3/b9-8+;. The van der Waals surface area contributed by atoms with Gasteiger partial charge in [0.05, 0.1) is 6.61 Å². The summed E-state index contributed by atoms with van der Waals surface area (Å²) in [6.45, 7) is 6.93. The van der Waals surface area contributed by atoms with Crippen LogP contribution in [-0.4, -0.2) is 36.6 Å². The molecule has 0 bridgehead atoms. The Morgan fingerprint density at radius 2 is 2.03 bits per heavy atom. The topological polar surface area (TPSA) is 55.8 Å². The number of allylic oxidation sites excluding steroid dienone is 1. The number of unbranched alkanes of at least 4 members (excludes halogenated alkanes) is 3. The molecule has 0 aliphatic heterocycles. The zero-order valence-corrected chi connectivity index (χ0v) is 19.5. The fourth-order valence-corrected chi connectivity index (χ4v) is 3.36. The van der Waals surface area contributed by atoms with E-state index < -0.39 is 12.3 Å². The van der Waals surface area contributed by atoms with E-state index in [4.69, 9.17) is 9.47 Å². The first-order chi connectivity index (χ1) is 15.0. The maximum absolute atomic E-state index is 13.4. The van der Waals surface area contributed by atoms with Crippen molar-refractivity contribution in [3.63, 3.8) is 0 Å². The summed E-state index contributed by atoms with van der Waals surface area (Å²) in [5.74, 6) is 0.679. The third-order valence-electron chi connectivity index (χ3n) is 5.17. The van der Waals surface area contributed by atoms with E-state index in [-0.39, 0.29) is 18.5 Å². The van der Waals surface area contributed by atoms with Crippen LogP contribution in [0, 0.1) is 12.8 Å². The first-order valence-corrected chi connectivity index (χ1v) is 11.8. The normalized spacial score (nSPS) is 19.0. The number of carbonyl (C=O) groups excluding carboxylic acids is 1. The zero-order valence-electron chi connectivity index (χ0n) is 19.5. The molecule has 2 rings (SSSR count). The molecule has 0 saturated heterocycles. The number of aliphatic hydroxyl groups excluding tert-OH is 1. The average molecular weight is 437 g/mol. The summed E-state index contributed by atoms with van der Waals surface area (Å²) < 4.78 is 23.8. The Balaban J connectivity index is 0.000000348. The third-order valence-corrected chi connectivity index (χ3v) is 5.17. The molecule has 3 atom stereocenters. The minimum Gasteiger partial charge on any atom is -0.491 e. The predicted octanol–water partition coefficient (Wildman–Crippen LogP) is 6.34. The molecule has 1 fully saturated rings. The Morgan fingerprint density at radius 1 is 1.23 bits per heavy atom. The van der Waals surface area contributed by atoms with E-state index >= 15 is 0 Å². The molecule has 1 aromatic carbocycles. The molecule has 1 aliphatic rings. The van der Waals surface area contributed by atoms with Crippen molar-refractivity contribution in [3.8, 4) is 5.75 Å². The van der Waals surface area contributed by atoms with Crippen LogP contribution < -0.4 is 4.74 Å². The number of aryl methyl sites for hydroxylation is 1. The quantitative estimate of drug-likeness (QED) is 0.236. The van der Waals surface area contributed by atoms with Crippen molar-refractivity contribution < 1.29 is 23.8 Å². The Kier molecular flexibility index (Phi) is 14.7. The van der Waals surface area contributed by atoms with Crippen LogP contribution in [0.2, 0.25) is 0 Å². The Labute approximate surface area is 187 Å². The van der Waals surface area contributed by atoms with Crippen molar-refractivity contribution in [2.75, 3.05) is 13.2 Å². The van der Waals surface area contributed by atoms with Crippen LogP contribution >= 0.6 is 0 Å². The van der Waals surface area contributed by atoms with Gasteiger partial charge in [-0.25, -0.2) is 4.39 Å². The number of aliphatic hydroxyl groups is 1. The number of rotatable bonds is 12. The molecule has 0 spiro atoms. The first kappa shape index (κ1) is 27.2. The van der Waals surface area contributed by atoms with E-state index in [0.717, 1.165) is 43.4 Å². The number of ether oxygens (including phenoxy) is 2. The smallest absolute Gasteiger partial charge is 0.305 e. The molecule has 1 aromatic rings. The average Bonchev–Trinajstić information content (AvgIpc) is 3.17. The van der Waals surface area contributed by atoms with Gasteiger partial charge in [-0.15, -0.1) is 0 Å². The van der Waals surface area contributed by atoms with Gasteiger partial charge in [0.25, 0.3) is 0 Å². The molecule has 0 amide bonds. The summed E-state index contributed by atoms with van der Waals surface area (Å²) >= 11 is 0. The van der Waals surface area contributed by atoms with Crippen molar-refractivity contribution in [2.24, 2.45) is 5.92 Å². The molecule has 0 heterocycles. The number of alkyl halides is 1. The van der Waals surface area contributed by atoms with Crippen LogP contribution in [0.5, 0.6) is 5.75 Å². The van der Waals surface area contributed by atoms with Crippen molar-refractivity contribution in [3.05, 3.63) is 42.0 Å². The largest absolute Gasteiger partial charge is 0.491 e. The van der Waals surface area contributed by atoms with Crippen LogP contribution in [0.4, 0.5) is 4.39 Å². The van der Waals surface area contributed by atoms with Gasteiger partial charge in [-0.1, -0.05) is 57.4 Å². The predicted molar refractivity (Wildman–Crippen MR) is 124 cm³/mol. The monoisotopic (exact) mass is 436 g/mol. The summed E-state index contributed by atoms with van der Waals surface area (Å²) in [5, 5.41) is 9.79. The molecular weight excluding hydrogens is 395 g/mol. The fourth-order valence-electron chi connectivity index (χ4n) is 3.36. The number of benzene rings is 1. The molecule has 5 heteroatoms. The van der Waals surface area contributed by atoms with Crippen molar-refractivity contribution >= 4 is 5.97 Å². The van der Waals surface area contributed by atoms with Gasteiger partial charge in [0.15, 0.2) is 0 Å². The Hall–Kier alpha value is -1.88. The van der Waals surface area contributed by atoms with Crippen LogP contribution in [0.15, 0.2) is 36.4 Å². The molecule has 31 heavy (non-hydrogen) atoms. The van der Waals surface area contributed by atoms with Gasteiger partial charge in [0.2, 0.25) is 0 Å². The molecular formula is C26H41FO4. The minimum atomic E-state index is -0.749. The van der Waals surface area contributed by atoms with Crippen LogP contribution in [0.1, 0.15) is 77.2 Å². The van der Waals surface area contributed by atoms with Gasteiger partial charge in [-0.2, -0.15) is 0 Å². The first-order valence-electron chi connectivity index (χ1n) is 11.8. The molecule has 0 radical (unpaired) electrons. The number of carbonyl (C=O) groups is 1. The number of halogens is 1. The summed E-state index contributed by atoms with van der Waals surface area (Å²) in [7, 11) is 0. The Morgan fingerprint density at radius 3 is 2.68 bits per heavy atom. The number of esters is 1. The van der Waals surface area contributed by atoms with Gasteiger partial charge < -0.3 is 14.6 Å². The van der Waals surface area contributed by atoms with E-state index in [0.29, 0.717) is 19.4 Å². The van der Waals surface area contributed by atoms with Gasteiger partial charge in [0.1, 0.15) is 24.6 Å². The van der Waals surface area contributed by atoms with Crippen LogP contribution in [-0.2, 0) is 9.53 Å². The highest BCUT2D eigenvalue weighted by molar-refractivity contribution is 5.69. The van der Waals surface area contributed by atoms with Gasteiger partial charge in [-0.3, -0.25) is 4.79 Å². The zero-order chi connectivity index (χ0) is 22.9. The van der Waals surface area contributed by atoms with E-state index in [1.54, 1.807) is 12.2 Å². The van der Waals surface area contributed by atoms with Crippen molar-refractivity contribution in [2.45, 2.75) is 90.8 Å². The second-order valence-corrected chi connectivity index (χ2v) is 8.22. The van der Waals surface area contributed by atoms with Crippen molar-refractivity contribution in [1.82, 2.24) is 0 Å². The molecule has 3 unspecified atom stereocenters. The van der Waals surface area contributed by atoms with Crippen LogP contribution in [0.3, 0.4) is 0 Å². The molecule has 4 nitrogen and oxygen atoms in total. The summed E-state index contributed by atoms with van der Waals surface area (Å²) in [4.78, 5) is 10.9. The lowest BCUT2D eigenvalue weighted by Gasteiger charge is -2.11. The third kappa shape index (κ3) is 13.2. The van der Waals surface area contributed by atoms with E-state index in [1.807, 2.05) is 38.1 Å². The highest BCUT2D eigenvalue weighted by Crippen LogP contribution is 2.29. The fraction of sp³-hybridized carbons (Fsp3) is 0.654. The second-order valence-electron chi connectivity index (χ2n) is 8.22. The lowest BCUT2D eigenvalue weighted by atomic mass is 10.1. The Bertz CT molecular complexity index is 632. The summed E-state index contributed by atoms with van der Waals surface area (Å²) in [6.07, 6.45) is 10.6. The SMILES string of the molecule is CCCCCCC(=O)OCCC.Cc1cccc(OCC(O)/C=C/C2CCCC2F)c1. The number of hydrogen-bond donors (Lipinski definition) is 1. The molecule has 1 N–H and O–H groups in total. The van der Waals surface area contributed by atoms with Crippen molar-refractivity contribution in [1.29, 1.82) is 0 Å². The van der Waals surface area contributed by atoms with E-state index in [2.05, 4.69) is 6.92 Å².